The second-order valence-electron chi connectivity index (χ2n) is 17.5. The Kier molecular flexibility index (Phi) is 40.8. The number of carbonyl (C=O) groups is 3. The molecule has 0 aromatic heterocycles. The van der Waals surface area contributed by atoms with E-state index in [9.17, 15) is 14.4 Å². The van der Waals surface area contributed by atoms with E-state index in [4.69, 9.17) is 14.2 Å². The highest BCUT2D eigenvalue weighted by molar-refractivity contribution is 5.71. The van der Waals surface area contributed by atoms with E-state index in [2.05, 4.69) is 34.6 Å². The van der Waals surface area contributed by atoms with Crippen LogP contribution in [0.4, 0.5) is 0 Å². The van der Waals surface area contributed by atoms with Crippen LogP contribution >= 0.6 is 0 Å². The zero-order chi connectivity index (χ0) is 40.5. The highest BCUT2D eigenvalue weighted by atomic mass is 16.6. The smallest absolute Gasteiger partial charge is 0.306 e. The van der Waals surface area contributed by atoms with Gasteiger partial charge in [0.1, 0.15) is 13.2 Å². The van der Waals surface area contributed by atoms with Gasteiger partial charge in [-0.05, 0) is 31.1 Å². The van der Waals surface area contributed by atoms with Gasteiger partial charge >= 0.3 is 17.9 Å². The maximum Gasteiger partial charge on any atom is 0.306 e. The summed E-state index contributed by atoms with van der Waals surface area (Å²) in [6.07, 6.45) is 40.8. The Morgan fingerprint density at radius 3 is 1.04 bits per heavy atom. The van der Waals surface area contributed by atoms with Crippen LogP contribution in [0.2, 0.25) is 0 Å². The maximum absolute atomic E-state index is 12.7. The van der Waals surface area contributed by atoms with Gasteiger partial charge in [-0.3, -0.25) is 14.4 Å². The molecular weight excluding hydrogens is 685 g/mol. The highest BCUT2D eigenvalue weighted by Crippen LogP contribution is 2.17. The number of carbonyl (C=O) groups excluding carboxylic acids is 3. The molecule has 6 heteroatoms. The number of hydrogen-bond acceptors (Lipinski definition) is 6. The number of hydrogen-bond donors (Lipinski definition) is 0. The summed E-state index contributed by atoms with van der Waals surface area (Å²) in [6.45, 7) is 11.3. The van der Waals surface area contributed by atoms with Gasteiger partial charge in [-0.25, -0.2) is 0 Å². The molecule has 0 heterocycles. The summed E-state index contributed by atoms with van der Waals surface area (Å²) >= 11 is 0. The van der Waals surface area contributed by atoms with Crippen molar-refractivity contribution >= 4 is 17.9 Å². The Hall–Kier alpha value is -1.59. The third kappa shape index (κ3) is 41.9. The molecule has 0 aromatic rings. The lowest BCUT2D eigenvalue weighted by atomic mass is 9.99. The monoisotopic (exact) mass is 779 g/mol. The predicted molar refractivity (Wildman–Crippen MR) is 233 cm³/mol. The van der Waals surface area contributed by atoms with E-state index in [0.29, 0.717) is 19.3 Å². The van der Waals surface area contributed by atoms with E-state index in [1.54, 1.807) is 0 Å². The van der Waals surface area contributed by atoms with Crippen LogP contribution in [0, 0.1) is 11.8 Å². The molecule has 0 spiro atoms. The quantitative estimate of drug-likeness (QED) is 0.0348. The van der Waals surface area contributed by atoms with Crippen LogP contribution in [0.1, 0.15) is 266 Å². The van der Waals surface area contributed by atoms with Crippen LogP contribution in [0.5, 0.6) is 0 Å². The number of rotatable bonds is 43. The minimum absolute atomic E-state index is 0.0646. The van der Waals surface area contributed by atoms with Crippen LogP contribution < -0.4 is 0 Å². The van der Waals surface area contributed by atoms with E-state index < -0.39 is 6.10 Å². The lowest BCUT2D eigenvalue weighted by molar-refractivity contribution is -0.167. The molecular formula is C49H94O6. The van der Waals surface area contributed by atoms with Crippen molar-refractivity contribution in [3.05, 3.63) is 0 Å². The van der Waals surface area contributed by atoms with Crippen molar-refractivity contribution in [1.82, 2.24) is 0 Å². The summed E-state index contributed by atoms with van der Waals surface area (Å²) in [5.41, 5.74) is 0. The molecule has 2 atom stereocenters. The van der Waals surface area contributed by atoms with Crippen LogP contribution in [0.3, 0.4) is 0 Å². The van der Waals surface area contributed by atoms with Gasteiger partial charge in [0, 0.05) is 19.3 Å². The Balaban J connectivity index is 4.33. The summed E-state index contributed by atoms with van der Waals surface area (Å²) in [7, 11) is 0. The summed E-state index contributed by atoms with van der Waals surface area (Å²) in [5, 5.41) is 0. The third-order valence-electron chi connectivity index (χ3n) is 11.3. The first-order valence-corrected chi connectivity index (χ1v) is 24.3. The standard InChI is InChI=1S/C49H94O6/c1-6-8-9-10-11-12-14-18-24-29-34-39-47(50)53-42-46(55-49(52)41-36-31-26-21-20-23-28-33-38-45(5)7-2)43-54-48(51)40-35-30-25-19-16-13-15-17-22-27-32-37-44(3)4/h44-46H,6-43H2,1-5H3/t45?,46-/m1/s1. The molecule has 0 aliphatic rings. The fourth-order valence-electron chi connectivity index (χ4n) is 7.25. The van der Waals surface area contributed by atoms with Crippen molar-refractivity contribution in [3.8, 4) is 0 Å². The third-order valence-corrected chi connectivity index (χ3v) is 11.3. The van der Waals surface area contributed by atoms with E-state index >= 15 is 0 Å². The fraction of sp³-hybridized carbons (Fsp3) is 0.939. The van der Waals surface area contributed by atoms with Gasteiger partial charge in [-0.1, -0.05) is 227 Å². The van der Waals surface area contributed by atoms with Gasteiger partial charge < -0.3 is 14.2 Å². The van der Waals surface area contributed by atoms with E-state index in [1.807, 2.05) is 0 Å². The minimum Gasteiger partial charge on any atom is -0.462 e. The van der Waals surface area contributed by atoms with Crippen molar-refractivity contribution in [2.24, 2.45) is 11.8 Å². The molecule has 0 saturated heterocycles. The lowest BCUT2D eigenvalue weighted by Gasteiger charge is -2.18. The Morgan fingerprint density at radius 2 is 0.691 bits per heavy atom. The van der Waals surface area contributed by atoms with Crippen LogP contribution in [-0.4, -0.2) is 37.2 Å². The molecule has 0 aromatic carbocycles. The molecule has 6 nitrogen and oxygen atoms in total. The van der Waals surface area contributed by atoms with E-state index in [0.717, 1.165) is 69.6 Å². The van der Waals surface area contributed by atoms with Crippen LogP contribution in [0.15, 0.2) is 0 Å². The SMILES string of the molecule is CCCCCCCCCCCCCC(=O)OC[C@H](COC(=O)CCCCCCCCCCCCCC(C)C)OC(=O)CCCCCCCCCCC(C)CC. The summed E-state index contributed by atoms with van der Waals surface area (Å²) < 4.78 is 16.8. The molecule has 1 unspecified atom stereocenters. The molecule has 326 valence electrons. The summed E-state index contributed by atoms with van der Waals surface area (Å²) in [5.74, 6) is 0.817. The Labute approximate surface area is 342 Å². The predicted octanol–water partition coefficient (Wildman–Crippen LogP) is 15.4. The van der Waals surface area contributed by atoms with Gasteiger partial charge in [0.25, 0.3) is 0 Å². The molecule has 55 heavy (non-hydrogen) atoms. The van der Waals surface area contributed by atoms with Crippen LogP contribution in [-0.2, 0) is 28.6 Å². The number of esters is 3. The van der Waals surface area contributed by atoms with E-state index in [1.165, 1.54) is 154 Å². The van der Waals surface area contributed by atoms with Crippen LogP contribution in [0.25, 0.3) is 0 Å². The van der Waals surface area contributed by atoms with Crippen molar-refractivity contribution in [2.45, 2.75) is 272 Å². The molecule has 0 fully saturated rings. The fourth-order valence-corrected chi connectivity index (χ4v) is 7.25. The Bertz CT molecular complexity index is 841. The topological polar surface area (TPSA) is 78.9 Å². The zero-order valence-corrected chi connectivity index (χ0v) is 37.6. The Morgan fingerprint density at radius 1 is 0.382 bits per heavy atom. The van der Waals surface area contributed by atoms with Crippen molar-refractivity contribution in [1.29, 1.82) is 0 Å². The first kappa shape index (κ1) is 53.4. The molecule has 0 aliphatic carbocycles. The maximum atomic E-state index is 12.7. The van der Waals surface area contributed by atoms with Crippen molar-refractivity contribution < 1.29 is 28.6 Å². The lowest BCUT2D eigenvalue weighted by Crippen LogP contribution is -2.30. The highest BCUT2D eigenvalue weighted by Gasteiger charge is 2.19. The molecule has 0 saturated carbocycles. The average molecular weight is 779 g/mol. The van der Waals surface area contributed by atoms with Gasteiger partial charge in [0.15, 0.2) is 6.10 Å². The zero-order valence-electron chi connectivity index (χ0n) is 37.6. The van der Waals surface area contributed by atoms with Gasteiger partial charge in [-0.2, -0.15) is 0 Å². The van der Waals surface area contributed by atoms with Crippen molar-refractivity contribution in [2.75, 3.05) is 13.2 Å². The second kappa shape index (κ2) is 42.0. The molecule has 0 rings (SSSR count). The summed E-state index contributed by atoms with van der Waals surface area (Å²) in [6, 6.07) is 0. The van der Waals surface area contributed by atoms with E-state index in [-0.39, 0.29) is 31.1 Å². The number of unbranched alkanes of at least 4 members (excludes halogenated alkanes) is 27. The summed E-state index contributed by atoms with van der Waals surface area (Å²) in [4.78, 5) is 37.8. The molecule has 0 aliphatic heterocycles. The first-order valence-electron chi connectivity index (χ1n) is 24.3. The average Bonchev–Trinajstić information content (AvgIpc) is 3.17. The molecule has 0 N–H and O–H groups in total. The largest absolute Gasteiger partial charge is 0.462 e. The molecule has 0 amide bonds. The van der Waals surface area contributed by atoms with Gasteiger partial charge in [-0.15, -0.1) is 0 Å². The molecule has 0 radical (unpaired) electrons. The van der Waals surface area contributed by atoms with Gasteiger partial charge in [0.05, 0.1) is 0 Å². The normalized spacial score (nSPS) is 12.5. The molecule has 0 bridgehead atoms. The number of ether oxygens (including phenoxy) is 3. The first-order chi connectivity index (χ1) is 26.8. The minimum atomic E-state index is -0.761. The van der Waals surface area contributed by atoms with Crippen molar-refractivity contribution in [3.63, 3.8) is 0 Å². The second-order valence-corrected chi connectivity index (χ2v) is 17.5. The van der Waals surface area contributed by atoms with Gasteiger partial charge in [0.2, 0.25) is 0 Å².